The third kappa shape index (κ3) is 2.77. The molecule has 0 radical (unpaired) electrons. The molecule has 1 aliphatic heterocycles. The largest absolute Gasteiger partial charge is 0.480 e. The minimum absolute atomic E-state index is 0.301. The van der Waals surface area contributed by atoms with Crippen LogP contribution in [0.25, 0.3) is 0 Å². The van der Waals surface area contributed by atoms with Crippen molar-refractivity contribution in [2.45, 2.75) is 32.7 Å². The van der Waals surface area contributed by atoms with Crippen LogP contribution < -0.4 is 0 Å². The number of carboxylic acid groups (broad SMARTS) is 1. The summed E-state index contributed by atoms with van der Waals surface area (Å²) in [6, 6.07) is 2.28. The quantitative estimate of drug-likeness (QED) is 0.851. The van der Waals surface area contributed by atoms with Gasteiger partial charge in [-0.3, -0.25) is 4.79 Å². The van der Waals surface area contributed by atoms with Crippen LogP contribution in [0.1, 0.15) is 37.0 Å². The first kappa shape index (κ1) is 14.8. The van der Waals surface area contributed by atoms with Gasteiger partial charge < -0.3 is 10.0 Å². The predicted octanol–water partition coefficient (Wildman–Crippen LogP) is 2.45. The summed E-state index contributed by atoms with van der Waals surface area (Å²) >= 11 is 5.70. The Labute approximate surface area is 122 Å². The zero-order valence-electron chi connectivity index (χ0n) is 11.5. The first-order valence-corrected chi connectivity index (χ1v) is 6.86. The summed E-state index contributed by atoms with van der Waals surface area (Å²) in [6.45, 7) is 4.21. The van der Waals surface area contributed by atoms with Crippen molar-refractivity contribution in [1.29, 1.82) is 0 Å². The van der Waals surface area contributed by atoms with Gasteiger partial charge in [-0.15, -0.1) is 0 Å². The number of carbonyl (C=O) groups is 2. The van der Waals surface area contributed by atoms with Crippen molar-refractivity contribution in [2.24, 2.45) is 5.41 Å². The highest BCUT2D eigenvalue weighted by Crippen LogP contribution is 2.36. The number of hydrogen-bond donors (Lipinski definition) is 1. The van der Waals surface area contributed by atoms with Crippen LogP contribution >= 0.6 is 11.6 Å². The van der Waals surface area contributed by atoms with Gasteiger partial charge in [0.05, 0.1) is 5.56 Å². The highest BCUT2D eigenvalue weighted by Gasteiger charge is 2.44. The molecule has 1 aromatic heterocycles. The standard InChI is InChI=1S/C14H17ClN2O3/c1-14(2)6-3-7-17(11(14)13(19)20)12(18)9-4-5-10(15)16-8-9/h4-5,8,11H,3,6-7H2,1-2H3,(H,19,20). The minimum Gasteiger partial charge on any atom is -0.480 e. The molecule has 0 saturated carbocycles. The molecule has 2 heterocycles. The topological polar surface area (TPSA) is 70.5 Å². The van der Waals surface area contributed by atoms with Crippen LogP contribution in [-0.2, 0) is 4.79 Å². The molecule has 1 fully saturated rings. The molecule has 0 spiro atoms. The molecule has 1 aromatic rings. The van der Waals surface area contributed by atoms with Gasteiger partial charge in [0.1, 0.15) is 11.2 Å². The van der Waals surface area contributed by atoms with Gasteiger partial charge in [-0.1, -0.05) is 25.4 Å². The molecule has 1 amide bonds. The van der Waals surface area contributed by atoms with Gasteiger partial charge in [0.25, 0.3) is 5.91 Å². The lowest BCUT2D eigenvalue weighted by Crippen LogP contribution is -2.56. The first-order valence-electron chi connectivity index (χ1n) is 6.48. The van der Waals surface area contributed by atoms with Gasteiger partial charge in [0.15, 0.2) is 0 Å². The Morgan fingerprint density at radius 2 is 2.15 bits per heavy atom. The van der Waals surface area contributed by atoms with Crippen molar-refractivity contribution in [2.75, 3.05) is 6.54 Å². The summed E-state index contributed by atoms with van der Waals surface area (Å²) in [5, 5.41) is 9.75. The van der Waals surface area contributed by atoms with Gasteiger partial charge in [-0.2, -0.15) is 0 Å². The van der Waals surface area contributed by atoms with E-state index in [1.165, 1.54) is 17.2 Å². The predicted molar refractivity (Wildman–Crippen MR) is 74.7 cm³/mol. The summed E-state index contributed by atoms with van der Waals surface area (Å²) in [5.74, 6) is -1.28. The van der Waals surface area contributed by atoms with Crippen LogP contribution in [-0.4, -0.2) is 39.5 Å². The number of carbonyl (C=O) groups excluding carboxylic acids is 1. The summed E-state index contributed by atoms with van der Waals surface area (Å²) in [4.78, 5) is 29.3. The fourth-order valence-corrected chi connectivity index (χ4v) is 2.86. The number of hydrogen-bond acceptors (Lipinski definition) is 3. The minimum atomic E-state index is -0.968. The Hall–Kier alpha value is -1.62. The summed E-state index contributed by atoms with van der Waals surface area (Å²) in [5.41, 5.74) is -0.0853. The first-order chi connectivity index (χ1) is 9.33. The molecule has 1 atom stereocenters. The van der Waals surface area contributed by atoms with E-state index in [9.17, 15) is 14.7 Å². The third-order valence-electron chi connectivity index (χ3n) is 3.74. The van der Waals surface area contributed by atoms with Gasteiger partial charge in [0.2, 0.25) is 0 Å². The second-order valence-corrected chi connectivity index (χ2v) is 6.09. The fourth-order valence-electron chi connectivity index (χ4n) is 2.75. The number of likely N-dealkylation sites (tertiary alicyclic amines) is 1. The Bertz CT molecular complexity index is 528. The maximum Gasteiger partial charge on any atom is 0.326 e. The SMILES string of the molecule is CC1(C)CCCN(C(=O)c2ccc(Cl)nc2)C1C(=O)O. The average Bonchev–Trinajstić information content (AvgIpc) is 2.36. The maximum atomic E-state index is 12.5. The van der Waals surface area contributed by atoms with Gasteiger partial charge >= 0.3 is 5.97 Å². The number of piperidine rings is 1. The van der Waals surface area contributed by atoms with Crippen LogP contribution in [0, 0.1) is 5.41 Å². The lowest BCUT2D eigenvalue weighted by molar-refractivity contribution is -0.148. The van der Waals surface area contributed by atoms with Crippen LogP contribution in [0.15, 0.2) is 18.3 Å². The van der Waals surface area contributed by atoms with Crippen molar-refractivity contribution in [3.8, 4) is 0 Å². The number of aromatic nitrogens is 1. The maximum absolute atomic E-state index is 12.5. The lowest BCUT2D eigenvalue weighted by Gasteiger charge is -2.43. The molecule has 1 saturated heterocycles. The number of halogens is 1. The van der Waals surface area contributed by atoms with Gasteiger partial charge in [-0.25, -0.2) is 9.78 Å². The highest BCUT2D eigenvalue weighted by molar-refractivity contribution is 6.29. The molecule has 1 unspecified atom stereocenters. The van der Waals surface area contributed by atoms with E-state index in [1.807, 2.05) is 13.8 Å². The summed E-state index contributed by atoms with van der Waals surface area (Å²) in [6.07, 6.45) is 2.96. The monoisotopic (exact) mass is 296 g/mol. The lowest BCUT2D eigenvalue weighted by atomic mass is 9.76. The number of pyridine rings is 1. The molecule has 5 nitrogen and oxygen atoms in total. The van der Waals surface area contributed by atoms with E-state index in [-0.39, 0.29) is 5.91 Å². The van der Waals surface area contributed by atoms with E-state index >= 15 is 0 Å². The van der Waals surface area contributed by atoms with E-state index in [0.29, 0.717) is 17.3 Å². The zero-order valence-corrected chi connectivity index (χ0v) is 12.2. The summed E-state index contributed by atoms with van der Waals surface area (Å²) in [7, 11) is 0. The van der Waals surface area contributed by atoms with Crippen molar-refractivity contribution >= 4 is 23.5 Å². The Balaban J connectivity index is 2.31. The van der Waals surface area contributed by atoms with Crippen molar-refractivity contribution in [3.05, 3.63) is 29.0 Å². The molecule has 0 aromatic carbocycles. The second kappa shape index (κ2) is 5.40. The summed E-state index contributed by atoms with van der Waals surface area (Å²) < 4.78 is 0. The van der Waals surface area contributed by atoms with Crippen LogP contribution in [0.5, 0.6) is 0 Å². The highest BCUT2D eigenvalue weighted by atomic mass is 35.5. The van der Waals surface area contributed by atoms with Crippen molar-refractivity contribution in [1.82, 2.24) is 9.88 Å². The van der Waals surface area contributed by atoms with Gasteiger partial charge in [0, 0.05) is 12.7 Å². The number of rotatable bonds is 2. The normalized spacial score (nSPS) is 21.6. The average molecular weight is 297 g/mol. The molecule has 0 bridgehead atoms. The van der Waals surface area contributed by atoms with Crippen molar-refractivity contribution < 1.29 is 14.7 Å². The number of nitrogens with zero attached hydrogens (tertiary/aromatic N) is 2. The molecular weight excluding hydrogens is 280 g/mol. The van der Waals surface area contributed by atoms with E-state index in [2.05, 4.69) is 4.98 Å². The smallest absolute Gasteiger partial charge is 0.326 e. The molecule has 6 heteroatoms. The molecule has 2 rings (SSSR count). The number of aliphatic carboxylic acids is 1. The second-order valence-electron chi connectivity index (χ2n) is 5.70. The van der Waals surface area contributed by atoms with Crippen molar-refractivity contribution in [3.63, 3.8) is 0 Å². The fraction of sp³-hybridized carbons (Fsp3) is 0.500. The Kier molecular flexibility index (Phi) is 3.99. The molecular formula is C14H17ClN2O3. The number of amides is 1. The Morgan fingerprint density at radius 1 is 1.45 bits per heavy atom. The van der Waals surface area contributed by atoms with Crippen LogP contribution in [0.3, 0.4) is 0 Å². The third-order valence-corrected chi connectivity index (χ3v) is 3.96. The van der Waals surface area contributed by atoms with Crippen LogP contribution in [0.4, 0.5) is 0 Å². The van der Waals surface area contributed by atoms with E-state index < -0.39 is 17.4 Å². The van der Waals surface area contributed by atoms with Gasteiger partial charge in [-0.05, 0) is 30.4 Å². The van der Waals surface area contributed by atoms with E-state index in [1.54, 1.807) is 6.07 Å². The molecule has 20 heavy (non-hydrogen) atoms. The number of carboxylic acids is 1. The van der Waals surface area contributed by atoms with Crippen LogP contribution in [0.2, 0.25) is 5.15 Å². The Morgan fingerprint density at radius 3 is 2.70 bits per heavy atom. The van der Waals surface area contributed by atoms with E-state index in [0.717, 1.165) is 12.8 Å². The molecule has 108 valence electrons. The zero-order chi connectivity index (χ0) is 14.9. The molecule has 1 N–H and O–H groups in total. The molecule has 1 aliphatic rings. The molecule has 0 aliphatic carbocycles. The van der Waals surface area contributed by atoms with E-state index in [4.69, 9.17) is 11.6 Å².